The van der Waals surface area contributed by atoms with Gasteiger partial charge in [0.1, 0.15) is 11.9 Å². The number of sulfonamides is 1. The number of nitrogens with one attached hydrogen (secondary N) is 1. The van der Waals surface area contributed by atoms with Crippen molar-refractivity contribution in [3.05, 3.63) is 63.9 Å². The lowest BCUT2D eigenvalue weighted by molar-refractivity contribution is -0.136. The van der Waals surface area contributed by atoms with Gasteiger partial charge < -0.3 is 4.90 Å². The molecule has 0 saturated carbocycles. The summed E-state index contributed by atoms with van der Waals surface area (Å²) in [5.41, 5.74) is 1.55. The van der Waals surface area contributed by atoms with Crippen molar-refractivity contribution in [2.24, 2.45) is 0 Å². The summed E-state index contributed by atoms with van der Waals surface area (Å²) in [6, 6.07) is 7.92. The second kappa shape index (κ2) is 9.00. The number of carbonyl (C=O) groups excluding carboxylic acids is 3. The van der Waals surface area contributed by atoms with Gasteiger partial charge in [-0.15, -0.1) is 0 Å². The first-order valence-electron chi connectivity index (χ1n) is 11.4. The largest absolute Gasteiger partial charge is 0.322 e. The number of benzene rings is 2. The van der Waals surface area contributed by atoms with Gasteiger partial charge in [0.25, 0.3) is 5.91 Å². The highest BCUT2D eigenvalue weighted by atomic mass is 35.5. The summed E-state index contributed by atoms with van der Waals surface area (Å²) in [7, 11) is -3.71. The Morgan fingerprint density at radius 3 is 2.46 bits per heavy atom. The number of fused-ring (bicyclic) bond motifs is 1. The maximum Gasteiger partial charge on any atom is 0.255 e. The lowest BCUT2D eigenvalue weighted by Crippen LogP contribution is -2.52. The molecule has 3 amide bonds. The number of piperidine rings is 2. The van der Waals surface area contributed by atoms with Crippen molar-refractivity contribution in [2.45, 2.75) is 49.1 Å². The quantitative estimate of drug-likeness (QED) is 0.626. The smallest absolute Gasteiger partial charge is 0.255 e. The molecule has 3 aliphatic rings. The number of imide groups is 1. The van der Waals surface area contributed by atoms with Crippen LogP contribution in [0.5, 0.6) is 0 Å². The molecule has 1 N–H and O–H groups in total. The van der Waals surface area contributed by atoms with Gasteiger partial charge in [-0.1, -0.05) is 17.7 Å². The van der Waals surface area contributed by atoms with Crippen molar-refractivity contribution in [2.75, 3.05) is 13.1 Å². The SMILES string of the molecule is O=C1CCC(N2Cc3c(cc(F)cc3C3CCN(S(=O)(=O)c4cccc(Cl)c4)CC3)C2=O)C(=O)N1. The third kappa shape index (κ3) is 4.34. The Morgan fingerprint density at radius 1 is 1.03 bits per heavy atom. The Morgan fingerprint density at radius 2 is 1.77 bits per heavy atom. The summed E-state index contributed by atoms with van der Waals surface area (Å²) in [5.74, 6) is -2.02. The van der Waals surface area contributed by atoms with Crippen molar-refractivity contribution in [3.63, 3.8) is 0 Å². The first kappa shape index (κ1) is 23.9. The molecule has 11 heteroatoms. The highest BCUT2D eigenvalue weighted by Crippen LogP contribution is 2.38. The Kier molecular flexibility index (Phi) is 6.14. The van der Waals surface area contributed by atoms with E-state index in [9.17, 15) is 27.2 Å². The van der Waals surface area contributed by atoms with E-state index in [1.807, 2.05) is 0 Å². The van der Waals surface area contributed by atoms with Gasteiger partial charge in [-0.05, 0) is 66.6 Å². The van der Waals surface area contributed by atoms with Crippen molar-refractivity contribution >= 4 is 39.3 Å². The molecule has 0 radical (unpaired) electrons. The number of hydrogen-bond donors (Lipinski definition) is 1. The van der Waals surface area contributed by atoms with Crippen LogP contribution in [0.4, 0.5) is 4.39 Å². The first-order valence-corrected chi connectivity index (χ1v) is 13.2. The zero-order valence-electron chi connectivity index (χ0n) is 18.7. The van der Waals surface area contributed by atoms with Crippen LogP contribution in [0.3, 0.4) is 0 Å². The Labute approximate surface area is 207 Å². The molecule has 0 bridgehead atoms. The topological polar surface area (TPSA) is 104 Å². The van der Waals surface area contributed by atoms with Crippen molar-refractivity contribution in [3.8, 4) is 0 Å². The van der Waals surface area contributed by atoms with Crippen LogP contribution in [-0.2, 0) is 26.2 Å². The van der Waals surface area contributed by atoms with Crippen LogP contribution in [0.15, 0.2) is 41.3 Å². The van der Waals surface area contributed by atoms with Gasteiger partial charge in [0.2, 0.25) is 21.8 Å². The summed E-state index contributed by atoms with van der Waals surface area (Å²) in [5, 5.41) is 2.60. The van der Waals surface area contributed by atoms with Crippen molar-refractivity contribution in [1.82, 2.24) is 14.5 Å². The molecule has 8 nitrogen and oxygen atoms in total. The van der Waals surface area contributed by atoms with E-state index in [1.54, 1.807) is 12.1 Å². The van der Waals surface area contributed by atoms with Crippen LogP contribution in [0, 0.1) is 5.82 Å². The number of hydrogen-bond acceptors (Lipinski definition) is 5. The summed E-state index contributed by atoms with van der Waals surface area (Å²) in [6.07, 6.45) is 1.28. The van der Waals surface area contributed by atoms with Gasteiger partial charge in [0, 0.05) is 36.6 Å². The van der Waals surface area contributed by atoms with E-state index in [-0.39, 0.29) is 54.8 Å². The van der Waals surface area contributed by atoms with Crippen LogP contribution in [-0.4, -0.2) is 54.5 Å². The third-order valence-electron chi connectivity index (χ3n) is 6.98. The highest BCUT2D eigenvalue weighted by molar-refractivity contribution is 7.89. The molecule has 184 valence electrons. The first-order chi connectivity index (χ1) is 16.6. The fourth-order valence-corrected chi connectivity index (χ4v) is 6.97. The average Bonchev–Trinajstić information content (AvgIpc) is 3.14. The van der Waals surface area contributed by atoms with Crippen LogP contribution < -0.4 is 5.32 Å². The van der Waals surface area contributed by atoms with Crippen LogP contribution >= 0.6 is 11.6 Å². The van der Waals surface area contributed by atoms with E-state index < -0.39 is 33.7 Å². The normalized spacial score (nSPS) is 21.8. The van der Waals surface area contributed by atoms with Gasteiger partial charge >= 0.3 is 0 Å². The van der Waals surface area contributed by atoms with E-state index in [0.29, 0.717) is 29.0 Å². The average molecular weight is 520 g/mol. The van der Waals surface area contributed by atoms with Gasteiger partial charge in [-0.3, -0.25) is 19.7 Å². The Hall–Kier alpha value is -2.82. The van der Waals surface area contributed by atoms with Gasteiger partial charge in [-0.25, -0.2) is 12.8 Å². The molecule has 3 aliphatic heterocycles. The molecular formula is C24H23ClFN3O5S. The predicted octanol–water partition coefficient (Wildman–Crippen LogP) is 2.81. The molecule has 2 aromatic rings. The molecule has 35 heavy (non-hydrogen) atoms. The summed E-state index contributed by atoms with van der Waals surface area (Å²) in [6.45, 7) is 0.641. The standard InChI is InChI=1S/C24H23ClFN3O5S/c25-15-2-1-3-17(10-15)35(33,34)28-8-6-14(7-9-28)18-11-16(26)12-19-20(18)13-29(24(19)32)21-4-5-22(30)27-23(21)31/h1-3,10-12,14,21H,4-9,13H2,(H,27,30,31). The molecule has 1 unspecified atom stereocenters. The fraction of sp³-hybridized carbons (Fsp3) is 0.375. The fourth-order valence-electron chi connectivity index (χ4n) is 5.20. The minimum absolute atomic E-state index is 0.126. The van der Waals surface area contributed by atoms with E-state index in [1.165, 1.54) is 33.5 Å². The van der Waals surface area contributed by atoms with Crippen molar-refractivity contribution in [1.29, 1.82) is 0 Å². The van der Waals surface area contributed by atoms with Crippen molar-refractivity contribution < 1.29 is 27.2 Å². The zero-order valence-corrected chi connectivity index (χ0v) is 20.2. The molecule has 0 aliphatic carbocycles. The molecule has 3 heterocycles. The van der Waals surface area contributed by atoms with E-state index in [0.717, 1.165) is 0 Å². The molecule has 0 spiro atoms. The summed E-state index contributed by atoms with van der Waals surface area (Å²) < 4.78 is 42.0. The van der Waals surface area contributed by atoms with Crippen LogP contribution in [0.1, 0.15) is 53.1 Å². The number of halogens is 2. The lowest BCUT2D eigenvalue weighted by Gasteiger charge is -2.32. The van der Waals surface area contributed by atoms with Crippen LogP contribution in [0.25, 0.3) is 0 Å². The molecule has 2 saturated heterocycles. The number of carbonyl (C=O) groups is 3. The highest BCUT2D eigenvalue weighted by Gasteiger charge is 2.41. The second-order valence-corrected chi connectivity index (χ2v) is 11.4. The molecule has 2 fully saturated rings. The lowest BCUT2D eigenvalue weighted by atomic mass is 9.86. The Balaban J connectivity index is 1.36. The Bertz CT molecular complexity index is 1340. The number of nitrogens with zero attached hydrogens (tertiary/aromatic N) is 2. The summed E-state index contributed by atoms with van der Waals surface area (Å²) >= 11 is 5.97. The maximum atomic E-state index is 14.6. The number of amides is 3. The maximum absolute atomic E-state index is 14.6. The molecular weight excluding hydrogens is 497 g/mol. The number of rotatable bonds is 4. The minimum atomic E-state index is -3.71. The van der Waals surface area contributed by atoms with E-state index in [2.05, 4.69) is 5.32 Å². The van der Waals surface area contributed by atoms with E-state index >= 15 is 0 Å². The van der Waals surface area contributed by atoms with Gasteiger partial charge in [0.05, 0.1) is 4.90 Å². The summed E-state index contributed by atoms with van der Waals surface area (Å²) in [4.78, 5) is 38.4. The molecule has 0 aromatic heterocycles. The monoisotopic (exact) mass is 519 g/mol. The molecule has 2 aromatic carbocycles. The third-order valence-corrected chi connectivity index (χ3v) is 9.11. The van der Waals surface area contributed by atoms with Gasteiger partial charge in [-0.2, -0.15) is 4.31 Å². The van der Waals surface area contributed by atoms with E-state index in [4.69, 9.17) is 11.6 Å². The molecule has 5 rings (SSSR count). The zero-order chi connectivity index (χ0) is 24.9. The second-order valence-electron chi connectivity index (χ2n) is 9.06. The van der Waals surface area contributed by atoms with Crippen LogP contribution in [0.2, 0.25) is 5.02 Å². The minimum Gasteiger partial charge on any atom is -0.322 e. The molecule has 1 atom stereocenters. The van der Waals surface area contributed by atoms with Gasteiger partial charge in [0.15, 0.2) is 0 Å². The predicted molar refractivity (Wildman–Crippen MR) is 125 cm³/mol.